The lowest BCUT2D eigenvalue weighted by atomic mass is 9.92. The molecule has 1 aromatic carbocycles. The molecule has 0 bridgehead atoms. The van der Waals surface area contributed by atoms with Gasteiger partial charge in [0.05, 0.1) is 6.20 Å². The van der Waals surface area contributed by atoms with E-state index < -0.39 is 0 Å². The number of nitrogens with zero attached hydrogens (tertiary/aromatic N) is 1. The van der Waals surface area contributed by atoms with E-state index in [1.165, 1.54) is 12.8 Å². The molecule has 0 aliphatic carbocycles. The van der Waals surface area contributed by atoms with Crippen LogP contribution in [0.5, 0.6) is 5.75 Å². The Bertz CT molecular complexity index is 544. The third-order valence-electron chi connectivity index (χ3n) is 3.80. The van der Waals surface area contributed by atoms with Crippen molar-refractivity contribution in [3.63, 3.8) is 0 Å². The lowest BCUT2D eigenvalue weighted by Crippen LogP contribution is -2.31. The molecule has 1 aliphatic rings. The largest absolute Gasteiger partial charge is 0.507 e. The number of phenols is 1. The van der Waals surface area contributed by atoms with Gasteiger partial charge in [0.15, 0.2) is 0 Å². The number of H-pyrrole nitrogens is 1. The number of aromatic hydroxyl groups is 1. The molecule has 0 saturated carbocycles. The summed E-state index contributed by atoms with van der Waals surface area (Å²) >= 11 is 0. The maximum atomic E-state index is 9.96. The number of benzene rings is 1. The van der Waals surface area contributed by atoms with Crippen LogP contribution in [0.3, 0.4) is 0 Å². The van der Waals surface area contributed by atoms with Gasteiger partial charge in [0.25, 0.3) is 0 Å². The average Bonchev–Trinajstić information content (AvgIpc) is 2.88. The third-order valence-corrected chi connectivity index (χ3v) is 3.80. The van der Waals surface area contributed by atoms with Gasteiger partial charge in [-0.1, -0.05) is 18.2 Å². The molecule has 4 heteroatoms. The summed E-state index contributed by atoms with van der Waals surface area (Å²) in [5, 5.41) is 20.6. The highest BCUT2D eigenvalue weighted by Gasteiger charge is 2.18. The van der Waals surface area contributed by atoms with Crippen molar-refractivity contribution in [1.82, 2.24) is 15.5 Å². The zero-order valence-electron chi connectivity index (χ0n) is 10.9. The molecule has 1 aromatic heterocycles. The van der Waals surface area contributed by atoms with Gasteiger partial charge >= 0.3 is 0 Å². The van der Waals surface area contributed by atoms with Crippen LogP contribution >= 0.6 is 0 Å². The molecule has 1 unspecified atom stereocenters. The molecule has 0 spiro atoms. The number of phenolic OH excluding ortho intramolecular Hbond substituents is 1. The number of para-hydroxylation sites is 1. The lowest BCUT2D eigenvalue weighted by Gasteiger charge is -2.22. The summed E-state index contributed by atoms with van der Waals surface area (Å²) in [7, 11) is 0. The molecule has 0 amide bonds. The van der Waals surface area contributed by atoms with E-state index in [4.69, 9.17) is 0 Å². The molecule has 2 aromatic rings. The normalized spacial score (nSPS) is 19.5. The minimum atomic E-state index is 0.312. The molecule has 1 atom stereocenters. The fraction of sp³-hybridized carbons (Fsp3) is 0.400. The van der Waals surface area contributed by atoms with E-state index in [1.807, 2.05) is 18.2 Å². The van der Waals surface area contributed by atoms with Gasteiger partial charge in [0.2, 0.25) is 0 Å². The number of aromatic nitrogens is 2. The van der Waals surface area contributed by atoms with E-state index in [2.05, 4.69) is 15.5 Å². The highest BCUT2D eigenvalue weighted by Crippen LogP contribution is 2.31. The van der Waals surface area contributed by atoms with E-state index in [0.717, 1.165) is 36.3 Å². The Labute approximate surface area is 112 Å². The summed E-state index contributed by atoms with van der Waals surface area (Å²) < 4.78 is 0. The zero-order chi connectivity index (χ0) is 13.1. The summed E-state index contributed by atoms with van der Waals surface area (Å²) in [4.78, 5) is 0. The topological polar surface area (TPSA) is 60.9 Å². The second-order valence-electron chi connectivity index (χ2n) is 5.20. The smallest absolute Gasteiger partial charge is 0.123 e. The molecule has 2 heterocycles. The molecule has 0 radical (unpaired) electrons. The van der Waals surface area contributed by atoms with Gasteiger partial charge in [0.1, 0.15) is 5.75 Å². The number of piperidine rings is 1. The van der Waals surface area contributed by atoms with Gasteiger partial charge in [-0.25, -0.2) is 0 Å². The summed E-state index contributed by atoms with van der Waals surface area (Å²) in [6.07, 6.45) is 5.29. The molecule has 1 aliphatic heterocycles. The van der Waals surface area contributed by atoms with E-state index in [0.29, 0.717) is 11.7 Å². The second kappa shape index (κ2) is 5.45. The molecule has 1 saturated heterocycles. The van der Waals surface area contributed by atoms with Crippen molar-refractivity contribution >= 4 is 0 Å². The summed E-state index contributed by atoms with van der Waals surface area (Å²) in [6, 6.07) is 7.43. The standard InChI is InChI=1S/C15H19N3O/c19-15-6-2-1-5-12(15)13-10-17-18-14(13)8-11-4-3-7-16-9-11/h1-2,5-6,10-11,16,19H,3-4,7-9H2,(H,17,18). The summed E-state index contributed by atoms with van der Waals surface area (Å²) in [5.74, 6) is 0.964. The predicted octanol–water partition coefficient (Wildman–Crippen LogP) is 2.32. The van der Waals surface area contributed by atoms with Crippen molar-refractivity contribution in [3.05, 3.63) is 36.2 Å². The quantitative estimate of drug-likeness (QED) is 0.791. The molecule has 1 fully saturated rings. The fourth-order valence-corrected chi connectivity index (χ4v) is 2.79. The SMILES string of the molecule is Oc1ccccc1-c1cn[nH]c1CC1CCCNC1. The van der Waals surface area contributed by atoms with E-state index in [1.54, 1.807) is 12.3 Å². The Morgan fingerprint density at radius 3 is 2.95 bits per heavy atom. The lowest BCUT2D eigenvalue weighted by molar-refractivity contribution is 0.373. The van der Waals surface area contributed by atoms with Crippen LogP contribution in [-0.2, 0) is 6.42 Å². The minimum Gasteiger partial charge on any atom is -0.507 e. The van der Waals surface area contributed by atoms with Crippen molar-refractivity contribution in [3.8, 4) is 16.9 Å². The van der Waals surface area contributed by atoms with Crippen molar-refractivity contribution in [2.75, 3.05) is 13.1 Å². The summed E-state index contributed by atoms with van der Waals surface area (Å²) in [6.45, 7) is 2.20. The molecule has 3 N–H and O–H groups in total. The van der Waals surface area contributed by atoms with Crippen LogP contribution in [-0.4, -0.2) is 28.4 Å². The van der Waals surface area contributed by atoms with Crippen molar-refractivity contribution in [2.45, 2.75) is 19.3 Å². The van der Waals surface area contributed by atoms with Crippen molar-refractivity contribution < 1.29 is 5.11 Å². The number of nitrogens with one attached hydrogen (secondary N) is 2. The van der Waals surface area contributed by atoms with Gasteiger partial charge in [-0.3, -0.25) is 5.10 Å². The Morgan fingerprint density at radius 1 is 1.26 bits per heavy atom. The van der Waals surface area contributed by atoms with Crippen LogP contribution in [0, 0.1) is 5.92 Å². The average molecular weight is 257 g/mol. The van der Waals surface area contributed by atoms with Crippen LogP contribution < -0.4 is 5.32 Å². The minimum absolute atomic E-state index is 0.312. The Kier molecular flexibility index (Phi) is 3.51. The Balaban J connectivity index is 1.84. The first kappa shape index (κ1) is 12.2. The van der Waals surface area contributed by atoms with E-state index in [9.17, 15) is 5.11 Å². The first-order valence-electron chi connectivity index (χ1n) is 6.86. The molecular weight excluding hydrogens is 238 g/mol. The fourth-order valence-electron chi connectivity index (χ4n) is 2.79. The summed E-state index contributed by atoms with van der Waals surface area (Å²) in [5.41, 5.74) is 2.99. The number of hydrogen-bond donors (Lipinski definition) is 3. The van der Waals surface area contributed by atoms with Gasteiger partial charge in [-0.15, -0.1) is 0 Å². The van der Waals surface area contributed by atoms with Gasteiger partial charge in [0, 0.05) is 16.8 Å². The van der Waals surface area contributed by atoms with Crippen molar-refractivity contribution in [2.24, 2.45) is 5.92 Å². The first-order valence-corrected chi connectivity index (χ1v) is 6.86. The van der Waals surface area contributed by atoms with Gasteiger partial charge in [-0.05, 0) is 44.3 Å². The second-order valence-corrected chi connectivity index (χ2v) is 5.20. The van der Waals surface area contributed by atoms with Crippen LogP contribution in [0.25, 0.3) is 11.1 Å². The molecule has 19 heavy (non-hydrogen) atoms. The van der Waals surface area contributed by atoms with Crippen LogP contribution in [0.4, 0.5) is 0 Å². The van der Waals surface area contributed by atoms with Gasteiger partial charge < -0.3 is 10.4 Å². The van der Waals surface area contributed by atoms with E-state index in [-0.39, 0.29) is 0 Å². The molecule has 4 nitrogen and oxygen atoms in total. The number of aromatic amines is 1. The monoisotopic (exact) mass is 257 g/mol. The Hall–Kier alpha value is -1.81. The number of rotatable bonds is 3. The van der Waals surface area contributed by atoms with Gasteiger partial charge in [-0.2, -0.15) is 5.10 Å². The highest BCUT2D eigenvalue weighted by molar-refractivity contribution is 5.71. The third kappa shape index (κ3) is 2.63. The molecule has 100 valence electrons. The Morgan fingerprint density at radius 2 is 2.16 bits per heavy atom. The predicted molar refractivity (Wildman–Crippen MR) is 75.0 cm³/mol. The maximum Gasteiger partial charge on any atom is 0.123 e. The number of hydrogen-bond acceptors (Lipinski definition) is 3. The van der Waals surface area contributed by atoms with Crippen LogP contribution in [0.15, 0.2) is 30.5 Å². The maximum absolute atomic E-state index is 9.96. The zero-order valence-corrected chi connectivity index (χ0v) is 10.9. The highest BCUT2D eigenvalue weighted by atomic mass is 16.3. The molecule has 3 rings (SSSR count). The van der Waals surface area contributed by atoms with E-state index >= 15 is 0 Å². The first-order chi connectivity index (χ1) is 9.34. The van der Waals surface area contributed by atoms with Crippen LogP contribution in [0.1, 0.15) is 18.5 Å². The molecular formula is C15H19N3O. The van der Waals surface area contributed by atoms with Crippen molar-refractivity contribution in [1.29, 1.82) is 0 Å². The van der Waals surface area contributed by atoms with Crippen LogP contribution in [0.2, 0.25) is 0 Å².